The molecule has 0 unspecified atom stereocenters. The van der Waals surface area contributed by atoms with Gasteiger partial charge in [0.1, 0.15) is 5.75 Å². The van der Waals surface area contributed by atoms with Crippen LogP contribution in [0.1, 0.15) is 23.2 Å². The second-order valence-electron chi connectivity index (χ2n) is 4.43. The molecule has 0 radical (unpaired) electrons. The summed E-state index contributed by atoms with van der Waals surface area (Å²) in [6.45, 7) is 0.632. The zero-order valence-corrected chi connectivity index (χ0v) is 9.85. The predicted octanol–water partition coefficient (Wildman–Crippen LogP) is 1.20. The number of rotatable bonds is 4. The molecule has 1 aromatic rings. The van der Waals surface area contributed by atoms with E-state index in [2.05, 4.69) is 5.32 Å². The van der Waals surface area contributed by atoms with Gasteiger partial charge in [-0.3, -0.25) is 4.79 Å². The smallest absolute Gasteiger partial charge is 0.251 e. The molecule has 0 atom stereocenters. The molecule has 1 aliphatic carbocycles. The highest BCUT2D eigenvalue weighted by Crippen LogP contribution is 2.26. The van der Waals surface area contributed by atoms with E-state index in [9.17, 15) is 4.79 Å². The van der Waals surface area contributed by atoms with Crippen LogP contribution in [0.3, 0.4) is 0 Å². The van der Waals surface area contributed by atoms with Crippen LogP contribution in [0.15, 0.2) is 24.3 Å². The number of methoxy groups -OCH3 is 1. The lowest BCUT2D eigenvalue weighted by Gasteiger charge is -2.31. The van der Waals surface area contributed by atoms with Gasteiger partial charge < -0.3 is 15.2 Å². The van der Waals surface area contributed by atoms with Gasteiger partial charge in [0.05, 0.1) is 13.2 Å². The van der Waals surface area contributed by atoms with Crippen LogP contribution in [0.25, 0.3) is 0 Å². The lowest BCUT2D eigenvalue weighted by atomic mass is 9.82. The zero-order valence-electron chi connectivity index (χ0n) is 9.85. The minimum atomic E-state index is -0.172. The van der Waals surface area contributed by atoms with Gasteiger partial charge in [0.15, 0.2) is 0 Å². The number of carbonyl (C=O) groups excluding carboxylic acids is 1. The maximum absolute atomic E-state index is 11.8. The Morgan fingerprint density at radius 2 is 2.29 bits per heavy atom. The Morgan fingerprint density at radius 3 is 2.94 bits per heavy atom. The number of aliphatic hydroxyl groups is 1. The molecule has 0 spiro atoms. The summed E-state index contributed by atoms with van der Waals surface area (Å²) < 4.78 is 5.06. The average molecular weight is 235 g/mol. The number of amides is 1. The van der Waals surface area contributed by atoms with E-state index in [0.717, 1.165) is 12.8 Å². The van der Waals surface area contributed by atoms with Crippen molar-refractivity contribution < 1.29 is 14.6 Å². The van der Waals surface area contributed by atoms with E-state index in [1.165, 1.54) is 0 Å². The SMILES string of the molecule is COc1cccc(C(=O)NCC2CC(O)C2)c1. The summed E-state index contributed by atoms with van der Waals surface area (Å²) in [6.07, 6.45) is 1.41. The molecular weight excluding hydrogens is 218 g/mol. The molecule has 17 heavy (non-hydrogen) atoms. The molecule has 1 aromatic carbocycles. The van der Waals surface area contributed by atoms with Crippen LogP contribution >= 0.6 is 0 Å². The van der Waals surface area contributed by atoms with E-state index in [1.807, 2.05) is 0 Å². The first-order valence-electron chi connectivity index (χ1n) is 5.79. The van der Waals surface area contributed by atoms with Gasteiger partial charge in [-0.1, -0.05) is 6.07 Å². The maximum atomic E-state index is 11.8. The van der Waals surface area contributed by atoms with Crippen LogP contribution in [0, 0.1) is 5.92 Å². The quantitative estimate of drug-likeness (QED) is 0.824. The van der Waals surface area contributed by atoms with Crippen LogP contribution in [0.4, 0.5) is 0 Å². The summed E-state index contributed by atoms with van der Waals surface area (Å²) in [5, 5.41) is 12.0. The third kappa shape index (κ3) is 2.97. The van der Waals surface area contributed by atoms with Crippen LogP contribution in [0.2, 0.25) is 0 Å². The number of nitrogens with one attached hydrogen (secondary N) is 1. The van der Waals surface area contributed by atoms with Crippen molar-refractivity contribution in [2.75, 3.05) is 13.7 Å². The van der Waals surface area contributed by atoms with Crippen molar-refractivity contribution in [2.45, 2.75) is 18.9 Å². The molecule has 0 saturated heterocycles. The highest BCUT2D eigenvalue weighted by Gasteiger charge is 2.27. The van der Waals surface area contributed by atoms with E-state index >= 15 is 0 Å². The standard InChI is InChI=1S/C13H17NO3/c1-17-12-4-2-3-10(7-12)13(16)14-8-9-5-11(15)6-9/h2-4,7,9,11,15H,5-6,8H2,1H3,(H,14,16). The molecular formula is C13H17NO3. The van der Waals surface area contributed by atoms with E-state index < -0.39 is 0 Å². The summed E-state index contributed by atoms with van der Waals surface area (Å²) in [7, 11) is 1.58. The Kier molecular flexibility index (Phi) is 3.64. The highest BCUT2D eigenvalue weighted by atomic mass is 16.5. The van der Waals surface area contributed by atoms with E-state index in [0.29, 0.717) is 23.8 Å². The van der Waals surface area contributed by atoms with Crippen LogP contribution in [-0.2, 0) is 0 Å². The van der Waals surface area contributed by atoms with Gasteiger partial charge in [-0.15, -0.1) is 0 Å². The number of aliphatic hydroxyl groups excluding tert-OH is 1. The molecule has 2 N–H and O–H groups in total. The maximum Gasteiger partial charge on any atom is 0.251 e. The number of carbonyl (C=O) groups is 1. The van der Waals surface area contributed by atoms with Gasteiger partial charge in [-0.05, 0) is 37.0 Å². The van der Waals surface area contributed by atoms with Crippen molar-refractivity contribution in [1.29, 1.82) is 0 Å². The topological polar surface area (TPSA) is 58.6 Å². The number of hydrogen-bond acceptors (Lipinski definition) is 3. The Balaban J connectivity index is 1.86. The second kappa shape index (κ2) is 5.19. The fourth-order valence-electron chi connectivity index (χ4n) is 1.97. The molecule has 0 heterocycles. The normalized spacial score (nSPS) is 22.7. The minimum Gasteiger partial charge on any atom is -0.497 e. The first-order chi connectivity index (χ1) is 8.19. The molecule has 0 aliphatic heterocycles. The average Bonchev–Trinajstić information content (AvgIpc) is 2.33. The Bertz CT molecular complexity index is 399. The second-order valence-corrected chi connectivity index (χ2v) is 4.43. The minimum absolute atomic E-state index is 0.0923. The Morgan fingerprint density at radius 1 is 1.53 bits per heavy atom. The van der Waals surface area contributed by atoms with Gasteiger partial charge in [0.25, 0.3) is 5.91 Å². The van der Waals surface area contributed by atoms with Crippen molar-refractivity contribution in [1.82, 2.24) is 5.32 Å². The van der Waals surface area contributed by atoms with Gasteiger partial charge in [-0.25, -0.2) is 0 Å². The third-order valence-electron chi connectivity index (χ3n) is 3.09. The van der Waals surface area contributed by atoms with Gasteiger partial charge in [0.2, 0.25) is 0 Å². The highest BCUT2D eigenvalue weighted by molar-refractivity contribution is 5.94. The summed E-state index contributed by atoms with van der Waals surface area (Å²) in [5.74, 6) is 1.00. The molecule has 4 nitrogen and oxygen atoms in total. The molecule has 1 aliphatic rings. The van der Waals surface area contributed by atoms with E-state index in [1.54, 1.807) is 31.4 Å². The molecule has 4 heteroatoms. The fourth-order valence-corrected chi connectivity index (χ4v) is 1.97. The third-order valence-corrected chi connectivity index (χ3v) is 3.09. The van der Waals surface area contributed by atoms with E-state index in [-0.39, 0.29) is 12.0 Å². The lowest BCUT2D eigenvalue weighted by Crippen LogP contribution is -2.38. The molecule has 0 bridgehead atoms. The van der Waals surface area contributed by atoms with Crippen molar-refractivity contribution in [2.24, 2.45) is 5.92 Å². The molecule has 2 rings (SSSR count). The van der Waals surface area contributed by atoms with E-state index in [4.69, 9.17) is 9.84 Å². The fraction of sp³-hybridized carbons (Fsp3) is 0.462. The van der Waals surface area contributed by atoms with Gasteiger partial charge in [0, 0.05) is 12.1 Å². The van der Waals surface area contributed by atoms with Crippen molar-refractivity contribution in [3.05, 3.63) is 29.8 Å². The molecule has 92 valence electrons. The Hall–Kier alpha value is -1.55. The first-order valence-corrected chi connectivity index (χ1v) is 5.79. The zero-order chi connectivity index (χ0) is 12.3. The van der Waals surface area contributed by atoms with Gasteiger partial charge in [-0.2, -0.15) is 0 Å². The number of benzene rings is 1. The number of ether oxygens (including phenoxy) is 1. The van der Waals surface area contributed by atoms with Crippen molar-refractivity contribution in [3.63, 3.8) is 0 Å². The molecule has 1 fully saturated rings. The van der Waals surface area contributed by atoms with Crippen molar-refractivity contribution in [3.8, 4) is 5.75 Å². The van der Waals surface area contributed by atoms with Crippen LogP contribution < -0.4 is 10.1 Å². The molecule has 1 saturated carbocycles. The number of hydrogen-bond donors (Lipinski definition) is 2. The van der Waals surface area contributed by atoms with Crippen molar-refractivity contribution >= 4 is 5.91 Å². The van der Waals surface area contributed by atoms with Crippen LogP contribution in [0.5, 0.6) is 5.75 Å². The van der Waals surface area contributed by atoms with Gasteiger partial charge >= 0.3 is 0 Å². The largest absolute Gasteiger partial charge is 0.497 e. The monoisotopic (exact) mass is 235 g/mol. The van der Waals surface area contributed by atoms with Crippen LogP contribution in [-0.4, -0.2) is 30.8 Å². The lowest BCUT2D eigenvalue weighted by molar-refractivity contribution is 0.0420. The summed E-state index contributed by atoms with van der Waals surface area (Å²) in [4.78, 5) is 11.8. The molecule has 1 amide bonds. The summed E-state index contributed by atoms with van der Waals surface area (Å²) >= 11 is 0. The molecule has 0 aromatic heterocycles. The Labute approximate surface area is 101 Å². The summed E-state index contributed by atoms with van der Waals surface area (Å²) in [6, 6.07) is 7.07. The predicted molar refractivity (Wildman–Crippen MR) is 64.1 cm³/mol. The summed E-state index contributed by atoms with van der Waals surface area (Å²) in [5.41, 5.74) is 0.601. The first kappa shape index (κ1) is 11.9.